The summed E-state index contributed by atoms with van der Waals surface area (Å²) in [6.07, 6.45) is 3.99. The second-order valence-electron chi connectivity index (χ2n) is 10.3. The summed E-state index contributed by atoms with van der Waals surface area (Å²) < 4.78 is 6.40. The topological polar surface area (TPSA) is 35.9 Å². The van der Waals surface area contributed by atoms with Gasteiger partial charge in [0.25, 0.3) is 0 Å². The SMILES string of the molecule is COc1ccc(C(CN2CCN(C)CC2)C2(O)CCC(C(C)(C)C)CC2)cc1Br.Cl.Cl. The second kappa shape index (κ2) is 11.9. The zero-order valence-corrected chi connectivity index (χ0v) is 22.9. The van der Waals surface area contributed by atoms with Crippen LogP contribution in [0.1, 0.15) is 57.9 Å². The van der Waals surface area contributed by atoms with Crippen LogP contribution in [0.5, 0.6) is 5.75 Å². The zero-order chi connectivity index (χ0) is 21.2. The number of piperazine rings is 1. The lowest BCUT2D eigenvalue weighted by Crippen LogP contribution is -2.50. The summed E-state index contributed by atoms with van der Waals surface area (Å²) in [6.45, 7) is 12.3. The number of rotatable bonds is 5. The average molecular weight is 540 g/mol. The molecule has 1 aromatic carbocycles. The maximum Gasteiger partial charge on any atom is 0.133 e. The van der Waals surface area contributed by atoms with Gasteiger partial charge in [-0.1, -0.05) is 26.8 Å². The molecule has 180 valence electrons. The Labute approximate surface area is 210 Å². The van der Waals surface area contributed by atoms with E-state index in [1.54, 1.807) is 7.11 Å². The Balaban J connectivity index is 0.00000240. The van der Waals surface area contributed by atoms with Crippen molar-refractivity contribution >= 4 is 40.7 Å². The number of hydrogen-bond acceptors (Lipinski definition) is 4. The molecule has 0 radical (unpaired) electrons. The molecule has 3 rings (SSSR count). The minimum Gasteiger partial charge on any atom is -0.496 e. The summed E-state index contributed by atoms with van der Waals surface area (Å²) >= 11 is 3.66. The van der Waals surface area contributed by atoms with Gasteiger partial charge in [-0.2, -0.15) is 0 Å². The molecule has 1 atom stereocenters. The van der Waals surface area contributed by atoms with Crippen LogP contribution < -0.4 is 4.74 Å². The van der Waals surface area contributed by atoms with Crippen molar-refractivity contribution in [3.05, 3.63) is 28.2 Å². The third kappa shape index (κ3) is 7.22. The molecule has 7 heteroatoms. The van der Waals surface area contributed by atoms with Crippen LogP contribution in [-0.2, 0) is 0 Å². The Morgan fingerprint density at radius 2 is 1.71 bits per heavy atom. The van der Waals surface area contributed by atoms with Gasteiger partial charge in [0.15, 0.2) is 0 Å². The highest BCUT2D eigenvalue weighted by atomic mass is 79.9. The van der Waals surface area contributed by atoms with Gasteiger partial charge >= 0.3 is 0 Å². The second-order valence-corrected chi connectivity index (χ2v) is 11.1. The van der Waals surface area contributed by atoms with E-state index < -0.39 is 5.60 Å². The minimum absolute atomic E-state index is 0. The highest BCUT2D eigenvalue weighted by Crippen LogP contribution is 2.47. The van der Waals surface area contributed by atoms with Crippen molar-refractivity contribution in [3.63, 3.8) is 0 Å². The van der Waals surface area contributed by atoms with Crippen LogP contribution >= 0.6 is 40.7 Å². The molecule has 0 bridgehead atoms. The van der Waals surface area contributed by atoms with Gasteiger partial charge in [0.05, 0.1) is 17.2 Å². The smallest absolute Gasteiger partial charge is 0.133 e. The number of halogens is 3. The zero-order valence-electron chi connectivity index (χ0n) is 19.7. The van der Waals surface area contributed by atoms with Gasteiger partial charge in [0.1, 0.15) is 5.75 Å². The molecule has 1 unspecified atom stereocenters. The highest BCUT2D eigenvalue weighted by Gasteiger charge is 2.44. The summed E-state index contributed by atoms with van der Waals surface area (Å²) in [7, 11) is 3.89. The van der Waals surface area contributed by atoms with Gasteiger partial charge in [-0.15, -0.1) is 24.8 Å². The molecular weight excluding hydrogens is 499 g/mol. The fourth-order valence-electron chi connectivity index (χ4n) is 5.11. The van der Waals surface area contributed by atoms with Crippen molar-refractivity contribution in [1.29, 1.82) is 0 Å². The molecule has 1 aliphatic heterocycles. The predicted octanol–water partition coefficient (Wildman–Crippen LogP) is 5.60. The van der Waals surface area contributed by atoms with Gasteiger partial charge in [-0.3, -0.25) is 0 Å². The molecule has 0 amide bonds. The van der Waals surface area contributed by atoms with Crippen LogP contribution in [0.25, 0.3) is 0 Å². The number of hydrogen-bond donors (Lipinski definition) is 1. The maximum atomic E-state index is 11.9. The largest absolute Gasteiger partial charge is 0.496 e. The lowest BCUT2D eigenvalue weighted by atomic mass is 9.64. The van der Waals surface area contributed by atoms with Crippen molar-refractivity contribution in [2.45, 2.75) is 58.0 Å². The highest BCUT2D eigenvalue weighted by molar-refractivity contribution is 9.10. The number of ether oxygens (including phenoxy) is 1. The Morgan fingerprint density at radius 1 is 1.13 bits per heavy atom. The van der Waals surface area contributed by atoms with E-state index in [1.165, 1.54) is 5.56 Å². The van der Waals surface area contributed by atoms with E-state index in [0.29, 0.717) is 11.3 Å². The molecule has 0 aromatic heterocycles. The van der Waals surface area contributed by atoms with Crippen LogP contribution in [0.2, 0.25) is 0 Å². The molecule has 1 aromatic rings. The number of likely N-dealkylation sites (N-methyl/N-ethyl adjacent to an activating group) is 1. The molecule has 4 nitrogen and oxygen atoms in total. The molecule has 1 N–H and O–H groups in total. The van der Waals surface area contributed by atoms with E-state index in [4.69, 9.17) is 4.74 Å². The predicted molar refractivity (Wildman–Crippen MR) is 138 cm³/mol. The Hall–Kier alpha value is -0.0400. The standard InChI is InChI=1S/C24H39BrN2O2.2ClH/c1-23(2,3)19-8-10-24(28,11-9-19)20(17-27-14-12-26(4)13-15-27)18-6-7-22(29-5)21(25)16-18;;/h6-7,16,19-20,28H,8-15,17H2,1-5H3;2*1H. The van der Waals surface area contributed by atoms with Crippen molar-refractivity contribution < 1.29 is 9.84 Å². The Kier molecular flexibility index (Phi) is 11.1. The monoisotopic (exact) mass is 538 g/mol. The molecule has 1 saturated carbocycles. The Morgan fingerprint density at radius 3 is 2.19 bits per heavy atom. The van der Waals surface area contributed by atoms with Gasteiger partial charge < -0.3 is 19.6 Å². The molecule has 2 aliphatic rings. The number of methoxy groups -OCH3 is 1. The summed E-state index contributed by atoms with van der Waals surface area (Å²) in [5, 5.41) is 11.9. The summed E-state index contributed by atoms with van der Waals surface area (Å²) in [6, 6.07) is 6.34. The van der Waals surface area contributed by atoms with Gasteiger partial charge in [0.2, 0.25) is 0 Å². The van der Waals surface area contributed by atoms with Gasteiger partial charge in [-0.25, -0.2) is 0 Å². The maximum absolute atomic E-state index is 11.9. The van der Waals surface area contributed by atoms with Crippen LogP contribution in [-0.4, -0.2) is 67.4 Å². The first-order valence-corrected chi connectivity index (χ1v) is 11.9. The fraction of sp³-hybridized carbons (Fsp3) is 0.750. The van der Waals surface area contributed by atoms with Crippen LogP contribution in [0.15, 0.2) is 22.7 Å². The van der Waals surface area contributed by atoms with Gasteiger partial charge in [0, 0.05) is 38.6 Å². The molecular formula is C24H41BrCl2N2O2. The lowest BCUT2D eigenvalue weighted by molar-refractivity contribution is -0.0552. The van der Waals surface area contributed by atoms with Gasteiger partial charge in [-0.05, 0) is 77.7 Å². The summed E-state index contributed by atoms with van der Waals surface area (Å²) in [5.74, 6) is 1.65. The van der Waals surface area contributed by atoms with E-state index in [2.05, 4.69) is 65.7 Å². The van der Waals surface area contributed by atoms with Crippen molar-refractivity contribution in [2.24, 2.45) is 11.3 Å². The van der Waals surface area contributed by atoms with E-state index in [-0.39, 0.29) is 30.7 Å². The number of benzene rings is 1. The first kappa shape index (κ1) is 29.0. The molecule has 1 heterocycles. The average Bonchev–Trinajstić information content (AvgIpc) is 2.67. The molecule has 1 aliphatic carbocycles. The first-order valence-electron chi connectivity index (χ1n) is 11.1. The molecule has 0 spiro atoms. The van der Waals surface area contributed by atoms with Crippen molar-refractivity contribution in [1.82, 2.24) is 9.80 Å². The Bertz CT molecular complexity index is 683. The fourth-order valence-corrected chi connectivity index (χ4v) is 5.66. The first-order chi connectivity index (χ1) is 13.6. The lowest BCUT2D eigenvalue weighted by Gasteiger charge is -2.47. The van der Waals surface area contributed by atoms with Crippen LogP contribution in [0, 0.1) is 11.3 Å². The quantitative estimate of drug-likeness (QED) is 0.528. The molecule has 1 saturated heterocycles. The number of aliphatic hydroxyl groups is 1. The normalized spacial score (nSPS) is 26.5. The number of nitrogens with zero attached hydrogens (tertiary/aromatic N) is 2. The van der Waals surface area contributed by atoms with E-state index in [0.717, 1.165) is 68.6 Å². The third-order valence-corrected chi connectivity index (χ3v) is 7.96. The molecule has 31 heavy (non-hydrogen) atoms. The van der Waals surface area contributed by atoms with E-state index in [9.17, 15) is 5.11 Å². The van der Waals surface area contributed by atoms with Crippen LogP contribution in [0.4, 0.5) is 0 Å². The van der Waals surface area contributed by atoms with Crippen LogP contribution in [0.3, 0.4) is 0 Å². The summed E-state index contributed by atoms with van der Waals surface area (Å²) in [5.41, 5.74) is 0.893. The summed E-state index contributed by atoms with van der Waals surface area (Å²) in [4.78, 5) is 4.93. The van der Waals surface area contributed by atoms with Crippen molar-refractivity contribution in [3.8, 4) is 5.75 Å². The van der Waals surface area contributed by atoms with E-state index >= 15 is 0 Å². The van der Waals surface area contributed by atoms with Crippen molar-refractivity contribution in [2.75, 3.05) is 46.9 Å². The molecule has 2 fully saturated rings. The minimum atomic E-state index is -0.640. The third-order valence-electron chi connectivity index (χ3n) is 7.34. The van der Waals surface area contributed by atoms with E-state index in [1.807, 2.05) is 6.07 Å².